The molecular weight excluding hydrogens is 198 g/mol. The summed E-state index contributed by atoms with van der Waals surface area (Å²) in [4.78, 5) is 0. The van der Waals surface area contributed by atoms with Gasteiger partial charge in [-0.25, -0.2) is 8.42 Å². The second-order valence-electron chi connectivity index (χ2n) is 4.21. The van der Waals surface area contributed by atoms with Crippen molar-refractivity contribution >= 4 is 9.84 Å². The third-order valence-electron chi connectivity index (χ3n) is 2.41. The van der Waals surface area contributed by atoms with E-state index in [0.29, 0.717) is 17.4 Å². The Labute approximate surface area is 86.5 Å². The molecule has 4 heteroatoms. The van der Waals surface area contributed by atoms with E-state index in [1.807, 2.05) is 0 Å². The molecule has 82 valence electrons. The molecule has 0 radical (unpaired) electrons. The summed E-state index contributed by atoms with van der Waals surface area (Å²) in [5.74, 6) is 1.07. The van der Waals surface area contributed by atoms with Gasteiger partial charge in [0.2, 0.25) is 0 Å². The lowest BCUT2D eigenvalue weighted by molar-refractivity contribution is 0.539. The number of rotatable bonds is 4. The van der Waals surface area contributed by atoms with Crippen molar-refractivity contribution in [3.05, 3.63) is 11.6 Å². The zero-order chi connectivity index (χ0) is 10.6. The molecule has 0 aliphatic carbocycles. The second kappa shape index (κ2) is 4.94. The summed E-state index contributed by atoms with van der Waals surface area (Å²) in [7, 11) is -2.70. The molecule has 1 rings (SSSR count). The normalized spacial score (nSPS) is 24.9. The van der Waals surface area contributed by atoms with Gasteiger partial charge in [-0.05, 0) is 32.7 Å². The van der Waals surface area contributed by atoms with E-state index >= 15 is 0 Å². The number of hydrogen-bond donors (Lipinski definition) is 1. The van der Waals surface area contributed by atoms with Crippen molar-refractivity contribution in [1.82, 2.24) is 5.32 Å². The number of sulfone groups is 1. The van der Waals surface area contributed by atoms with Gasteiger partial charge in [0.25, 0.3) is 0 Å². The maximum absolute atomic E-state index is 11.1. The van der Waals surface area contributed by atoms with Gasteiger partial charge < -0.3 is 5.32 Å². The standard InChI is InChI=1S/C10H19NO2S/c1-9(2)3-5-11-7-10-4-6-14(12,13)8-10/h3,10-11H,4-8H2,1-2H3. The van der Waals surface area contributed by atoms with Crippen LogP contribution in [0.5, 0.6) is 0 Å². The quantitative estimate of drug-likeness (QED) is 0.564. The highest BCUT2D eigenvalue weighted by Gasteiger charge is 2.26. The molecule has 1 N–H and O–H groups in total. The molecule has 0 amide bonds. The van der Waals surface area contributed by atoms with Crippen LogP contribution in [0.1, 0.15) is 20.3 Å². The van der Waals surface area contributed by atoms with Crippen molar-refractivity contribution in [2.45, 2.75) is 20.3 Å². The third kappa shape index (κ3) is 4.24. The van der Waals surface area contributed by atoms with E-state index < -0.39 is 9.84 Å². The Morgan fingerprint density at radius 2 is 2.21 bits per heavy atom. The van der Waals surface area contributed by atoms with Crippen LogP contribution in [-0.2, 0) is 9.84 Å². The van der Waals surface area contributed by atoms with Crippen LogP contribution >= 0.6 is 0 Å². The van der Waals surface area contributed by atoms with Crippen LogP contribution in [0, 0.1) is 5.92 Å². The van der Waals surface area contributed by atoms with Gasteiger partial charge in [0.05, 0.1) is 11.5 Å². The van der Waals surface area contributed by atoms with Gasteiger partial charge in [-0.1, -0.05) is 11.6 Å². The molecular formula is C10H19NO2S. The SMILES string of the molecule is CC(C)=CCNCC1CCS(=O)(=O)C1. The molecule has 1 saturated heterocycles. The fourth-order valence-corrected chi connectivity index (χ4v) is 3.46. The van der Waals surface area contributed by atoms with Gasteiger partial charge >= 0.3 is 0 Å². The lowest BCUT2D eigenvalue weighted by Gasteiger charge is -2.07. The fraction of sp³-hybridized carbons (Fsp3) is 0.800. The monoisotopic (exact) mass is 217 g/mol. The summed E-state index contributed by atoms with van der Waals surface area (Å²) in [6, 6.07) is 0. The minimum atomic E-state index is -2.70. The average molecular weight is 217 g/mol. The van der Waals surface area contributed by atoms with Crippen molar-refractivity contribution in [2.75, 3.05) is 24.6 Å². The van der Waals surface area contributed by atoms with E-state index in [1.54, 1.807) is 0 Å². The van der Waals surface area contributed by atoms with Crippen LogP contribution in [-0.4, -0.2) is 33.0 Å². The van der Waals surface area contributed by atoms with Crippen LogP contribution in [0.25, 0.3) is 0 Å². The van der Waals surface area contributed by atoms with Gasteiger partial charge in [0, 0.05) is 6.54 Å². The summed E-state index contributed by atoms with van der Waals surface area (Å²) in [6.07, 6.45) is 2.94. The Balaban J connectivity index is 2.18. The molecule has 0 bridgehead atoms. The van der Waals surface area contributed by atoms with Crippen LogP contribution in [0.3, 0.4) is 0 Å². The minimum absolute atomic E-state index is 0.325. The lowest BCUT2D eigenvalue weighted by atomic mass is 10.1. The molecule has 1 aliphatic rings. The first-order valence-corrected chi connectivity index (χ1v) is 6.86. The van der Waals surface area contributed by atoms with Crippen molar-refractivity contribution in [3.63, 3.8) is 0 Å². The largest absolute Gasteiger partial charge is 0.313 e. The summed E-state index contributed by atoms with van der Waals surface area (Å²) in [5.41, 5.74) is 1.29. The predicted molar refractivity (Wildman–Crippen MR) is 59.1 cm³/mol. The van der Waals surface area contributed by atoms with Crippen LogP contribution in [0.15, 0.2) is 11.6 Å². The summed E-state index contributed by atoms with van der Waals surface area (Å²) in [5, 5.41) is 3.26. The molecule has 0 saturated carbocycles. The van der Waals surface area contributed by atoms with E-state index in [-0.39, 0.29) is 0 Å². The van der Waals surface area contributed by atoms with Gasteiger partial charge in [-0.3, -0.25) is 0 Å². The van der Waals surface area contributed by atoms with E-state index in [4.69, 9.17) is 0 Å². The zero-order valence-electron chi connectivity index (χ0n) is 8.91. The van der Waals surface area contributed by atoms with Gasteiger partial charge in [-0.15, -0.1) is 0 Å². The first-order chi connectivity index (χ1) is 6.49. The van der Waals surface area contributed by atoms with Gasteiger partial charge in [-0.2, -0.15) is 0 Å². The lowest BCUT2D eigenvalue weighted by Crippen LogP contribution is -2.23. The summed E-state index contributed by atoms with van der Waals surface area (Å²) in [6.45, 7) is 5.78. The molecule has 1 unspecified atom stereocenters. The van der Waals surface area contributed by atoms with Crippen molar-refractivity contribution < 1.29 is 8.42 Å². The van der Waals surface area contributed by atoms with Crippen molar-refractivity contribution in [2.24, 2.45) is 5.92 Å². The Morgan fingerprint density at radius 3 is 2.71 bits per heavy atom. The van der Waals surface area contributed by atoms with Crippen molar-refractivity contribution in [1.29, 1.82) is 0 Å². The van der Waals surface area contributed by atoms with Gasteiger partial charge in [0.1, 0.15) is 0 Å². The predicted octanol–water partition coefficient (Wildman–Crippen LogP) is 0.977. The van der Waals surface area contributed by atoms with Crippen LogP contribution < -0.4 is 5.32 Å². The highest BCUT2D eigenvalue weighted by molar-refractivity contribution is 7.91. The molecule has 1 fully saturated rings. The Hall–Kier alpha value is -0.350. The maximum Gasteiger partial charge on any atom is 0.150 e. The minimum Gasteiger partial charge on any atom is -0.313 e. The molecule has 0 aromatic rings. The number of hydrogen-bond acceptors (Lipinski definition) is 3. The third-order valence-corrected chi connectivity index (χ3v) is 4.25. The molecule has 1 aliphatic heterocycles. The Kier molecular flexibility index (Phi) is 4.13. The first kappa shape index (κ1) is 11.7. The van der Waals surface area contributed by atoms with Crippen LogP contribution in [0.4, 0.5) is 0 Å². The van der Waals surface area contributed by atoms with E-state index in [9.17, 15) is 8.42 Å². The highest BCUT2D eigenvalue weighted by Crippen LogP contribution is 2.17. The van der Waals surface area contributed by atoms with E-state index in [1.165, 1.54) is 5.57 Å². The average Bonchev–Trinajstić information content (AvgIpc) is 2.39. The zero-order valence-corrected chi connectivity index (χ0v) is 9.73. The van der Waals surface area contributed by atoms with E-state index in [0.717, 1.165) is 19.5 Å². The topological polar surface area (TPSA) is 46.2 Å². The van der Waals surface area contributed by atoms with E-state index in [2.05, 4.69) is 25.2 Å². The fourth-order valence-electron chi connectivity index (χ4n) is 1.60. The summed E-state index contributed by atoms with van der Waals surface area (Å²) < 4.78 is 22.3. The molecule has 0 aromatic heterocycles. The smallest absolute Gasteiger partial charge is 0.150 e. The molecule has 1 atom stereocenters. The van der Waals surface area contributed by atoms with Gasteiger partial charge in [0.15, 0.2) is 9.84 Å². The van der Waals surface area contributed by atoms with Crippen LogP contribution in [0.2, 0.25) is 0 Å². The summed E-state index contributed by atoms with van der Waals surface area (Å²) >= 11 is 0. The maximum atomic E-state index is 11.1. The highest BCUT2D eigenvalue weighted by atomic mass is 32.2. The van der Waals surface area contributed by atoms with Crippen molar-refractivity contribution in [3.8, 4) is 0 Å². The number of allylic oxidation sites excluding steroid dienone is 1. The molecule has 1 heterocycles. The number of nitrogens with one attached hydrogen (secondary N) is 1. The molecule has 3 nitrogen and oxygen atoms in total. The molecule has 0 aromatic carbocycles. The Morgan fingerprint density at radius 1 is 1.50 bits per heavy atom. The Bertz CT molecular complexity index is 302. The second-order valence-corrected chi connectivity index (χ2v) is 6.44. The molecule has 0 spiro atoms. The molecule has 14 heavy (non-hydrogen) atoms. The first-order valence-electron chi connectivity index (χ1n) is 5.04.